The molecule has 0 radical (unpaired) electrons. The Balaban J connectivity index is 0.885. The van der Waals surface area contributed by atoms with Crippen LogP contribution in [0.4, 0.5) is 34.1 Å². The minimum atomic E-state index is -0.144. The number of anilines is 6. The van der Waals surface area contributed by atoms with Gasteiger partial charge in [0.05, 0.1) is 0 Å². The van der Waals surface area contributed by atoms with E-state index < -0.39 is 0 Å². The van der Waals surface area contributed by atoms with Crippen molar-refractivity contribution in [2.45, 2.75) is 88.9 Å². The fourth-order valence-electron chi connectivity index (χ4n) is 13.2. The van der Waals surface area contributed by atoms with Gasteiger partial charge in [-0.15, -0.1) is 0 Å². The van der Waals surface area contributed by atoms with Crippen LogP contribution in [0.3, 0.4) is 0 Å². The molecular weight excluding hydrogens is 809 g/mol. The molecule has 3 atom stereocenters. The molecular formula is C65H62N2. The first kappa shape index (κ1) is 41.8. The number of benzene rings is 8. The molecule has 3 fully saturated rings. The van der Waals surface area contributed by atoms with E-state index in [4.69, 9.17) is 0 Å². The van der Waals surface area contributed by atoms with Crippen LogP contribution in [0.1, 0.15) is 106 Å². The molecule has 3 unspecified atom stereocenters. The molecule has 67 heavy (non-hydrogen) atoms. The summed E-state index contributed by atoms with van der Waals surface area (Å²) < 4.78 is 0. The van der Waals surface area contributed by atoms with Crippen molar-refractivity contribution >= 4 is 34.1 Å². The minimum absolute atomic E-state index is 0.0547. The van der Waals surface area contributed by atoms with Gasteiger partial charge in [0, 0.05) is 45.0 Å². The van der Waals surface area contributed by atoms with Crippen molar-refractivity contribution < 1.29 is 0 Å². The number of hydrogen-bond acceptors (Lipinski definition) is 2. The molecule has 0 aromatic heterocycles. The first-order valence-electron chi connectivity index (χ1n) is 25.2. The highest BCUT2D eigenvalue weighted by molar-refractivity contribution is 5.94. The lowest BCUT2D eigenvalue weighted by molar-refractivity contribution is 0.280. The Kier molecular flexibility index (Phi) is 10.5. The van der Waals surface area contributed by atoms with Crippen molar-refractivity contribution in [3.63, 3.8) is 0 Å². The number of hydrogen-bond donors (Lipinski definition) is 0. The Labute approximate surface area is 399 Å². The fourth-order valence-corrected chi connectivity index (χ4v) is 13.2. The zero-order valence-corrected chi connectivity index (χ0v) is 39.4. The van der Waals surface area contributed by atoms with Crippen molar-refractivity contribution in [2.24, 2.45) is 17.8 Å². The normalized spacial score (nSPS) is 22.3. The molecule has 0 amide bonds. The number of nitrogens with zero attached hydrogens (tertiary/aromatic N) is 2. The molecule has 0 saturated heterocycles. The van der Waals surface area contributed by atoms with Crippen molar-refractivity contribution in [1.29, 1.82) is 0 Å². The van der Waals surface area contributed by atoms with E-state index in [0.717, 1.165) is 42.2 Å². The van der Waals surface area contributed by atoms with Crippen LogP contribution in [-0.2, 0) is 10.8 Å². The molecule has 332 valence electrons. The van der Waals surface area contributed by atoms with Crippen LogP contribution >= 0.6 is 0 Å². The van der Waals surface area contributed by atoms with Crippen molar-refractivity contribution in [3.05, 3.63) is 228 Å². The fraction of sp³-hybridized carbons (Fsp3) is 0.262. The third-order valence-electron chi connectivity index (χ3n) is 16.9. The predicted octanol–water partition coefficient (Wildman–Crippen LogP) is 18.0. The summed E-state index contributed by atoms with van der Waals surface area (Å²) in [5.74, 6) is 3.30. The molecule has 4 aliphatic carbocycles. The molecule has 2 nitrogen and oxygen atoms in total. The molecule has 8 aromatic rings. The van der Waals surface area contributed by atoms with Crippen LogP contribution in [0.25, 0.3) is 22.3 Å². The first-order valence-corrected chi connectivity index (χ1v) is 25.2. The number of fused-ring (bicyclic) bond motifs is 5. The Morgan fingerprint density at radius 3 is 1.51 bits per heavy atom. The van der Waals surface area contributed by atoms with E-state index >= 15 is 0 Å². The van der Waals surface area contributed by atoms with E-state index in [-0.39, 0.29) is 10.8 Å². The molecule has 8 aromatic carbocycles. The zero-order chi connectivity index (χ0) is 45.1. The molecule has 4 aliphatic rings. The third kappa shape index (κ3) is 7.32. The molecule has 0 aliphatic heterocycles. The lowest BCUT2D eigenvalue weighted by atomic mass is 9.63. The van der Waals surface area contributed by atoms with Gasteiger partial charge in [-0.1, -0.05) is 155 Å². The van der Waals surface area contributed by atoms with Crippen molar-refractivity contribution in [3.8, 4) is 22.3 Å². The van der Waals surface area contributed by atoms with E-state index in [0.29, 0.717) is 0 Å². The third-order valence-corrected chi connectivity index (χ3v) is 16.9. The van der Waals surface area contributed by atoms with Gasteiger partial charge in [-0.3, -0.25) is 0 Å². The summed E-state index contributed by atoms with van der Waals surface area (Å²) in [6, 6.07) is 75.7. The first-order chi connectivity index (χ1) is 32.8. The topological polar surface area (TPSA) is 6.48 Å². The largest absolute Gasteiger partial charge is 0.311 e. The Bertz CT molecular complexity index is 3000. The molecule has 2 bridgehead atoms. The Morgan fingerprint density at radius 1 is 0.433 bits per heavy atom. The van der Waals surface area contributed by atoms with E-state index in [1.165, 1.54) is 117 Å². The molecule has 0 N–H and O–H groups in total. The minimum Gasteiger partial charge on any atom is -0.311 e. The molecule has 2 heteroatoms. The monoisotopic (exact) mass is 870 g/mol. The van der Waals surface area contributed by atoms with Crippen LogP contribution in [0.5, 0.6) is 0 Å². The standard InChI is InChI=1S/C65H62N2/c1-45-38-40-65(41-39-45,50-26-32-55(33-27-50)66(52-16-9-5-10-17-52)54-30-24-48(25-31-54)60-43-46-22-23-49(60)42-46)51-28-34-56(35-29-51)67(53-18-11-6-12-19-53)57-36-37-59-62(44-57)64(2,3)61-21-13-20-58(63(59)61)47-14-7-4-8-15-47/h4-21,24-37,44-46,49,60H,22-23,38-43H2,1-3H3. The second-order valence-corrected chi connectivity index (χ2v) is 21.0. The van der Waals surface area contributed by atoms with Gasteiger partial charge in [-0.05, 0) is 191 Å². The summed E-state index contributed by atoms with van der Waals surface area (Å²) in [7, 11) is 0. The van der Waals surface area contributed by atoms with Crippen molar-refractivity contribution in [1.82, 2.24) is 0 Å². The smallest absolute Gasteiger partial charge is 0.0465 e. The molecule has 12 rings (SSSR count). The predicted molar refractivity (Wildman–Crippen MR) is 282 cm³/mol. The van der Waals surface area contributed by atoms with Gasteiger partial charge < -0.3 is 9.80 Å². The lowest BCUT2D eigenvalue weighted by Crippen LogP contribution is -2.32. The molecule has 0 heterocycles. The second kappa shape index (κ2) is 16.9. The van der Waals surface area contributed by atoms with Crippen LogP contribution in [0.2, 0.25) is 0 Å². The van der Waals surface area contributed by atoms with E-state index in [9.17, 15) is 0 Å². The summed E-state index contributed by atoms with van der Waals surface area (Å²) in [4.78, 5) is 4.89. The Morgan fingerprint density at radius 2 is 0.955 bits per heavy atom. The average molecular weight is 871 g/mol. The van der Waals surface area contributed by atoms with Crippen LogP contribution in [0, 0.1) is 17.8 Å². The Hall–Kier alpha value is -6.64. The maximum atomic E-state index is 2.46. The van der Waals surface area contributed by atoms with E-state index in [1.807, 2.05) is 0 Å². The summed E-state index contributed by atoms with van der Waals surface area (Å²) in [6.07, 6.45) is 10.4. The highest BCUT2D eigenvalue weighted by Crippen LogP contribution is 2.55. The highest BCUT2D eigenvalue weighted by atomic mass is 15.1. The quantitative estimate of drug-likeness (QED) is 0.135. The van der Waals surface area contributed by atoms with Gasteiger partial charge in [-0.25, -0.2) is 0 Å². The van der Waals surface area contributed by atoms with Gasteiger partial charge >= 0.3 is 0 Å². The SMILES string of the molecule is CC1CCC(c2ccc(N(c3ccccc3)c3ccc(C4CC5CCC4C5)cc3)cc2)(c2ccc(N(c3ccccc3)c3ccc4c(c3)C(C)(C)c3cccc(-c5ccccc5)c3-4)cc2)CC1. The summed E-state index contributed by atoms with van der Waals surface area (Å²) >= 11 is 0. The van der Waals surface area contributed by atoms with Gasteiger partial charge in [-0.2, -0.15) is 0 Å². The van der Waals surface area contributed by atoms with Crippen molar-refractivity contribution in [2.75, 3.05) is 9.80 Å². The van der Waals surface area contributed by atoms with Crippen LogP contribution < -0.4 is 9.80 Å². The van der Waals surface area contributed by atoms with Gasteiger partial charge in [0.25, 0.3) is 0 Å². The maximum absolute atomic E-state index is 2.46. The van der Waals surface area contributed by atoms with Crippen LogP contribution in [-0.4, -0.2) is 0 Å². The highest BCUT2D eigenvalue weighted by Gasteiger charge is 2.41. The van der Waals surface area contributed by atoms with Crippen LogP contribution in [0.15, 0.2) is 200 Å². The van der Waals surface area contributed by atoms with Gasteiger partial charge in [0.1, 0.15) is 0 Å². The van der Waals surface area contributed by atoms with E-state index in [1.54, 1.807) is 0 Å². The average Bonchev–Trinajstić information content (AvgIpc) is 4.09. The summed E-state index contributed by atoms with van der Waals surface area (Å²) in [5, 5.41) is 0. The number of para-hydroxylation sites is 2. The molecule has 3 saturated carbocycles. The molecule has 0 spiro atoms. The summed E-state index contributed by atoms with van der Waals surface area (Å²) in [6.45, 7) is 7.22. The van der Waals surface area contributed by atoms with Gasteiger partial charge in [0.15, 0.2) is 0 Å². The number of rotatable bonds is 10. The lowest BCUT2D eigenvalue weighted by Gasteiger charge is -2.41. The second-order valence-electron chi connectivity index (χ2n) is 21.0. The zero-order valence-electron chi connectivity index (χ0n) is 39.4. The maximum Gasteiger partial charge on any atom is 0.0465 e. The van der Waals surface area contributed by atoms with Gasteiger partial charge in [0.2, 0.25) is 0 Å². The summed E-state index contributed by atoms with van der Waals surface area (Å²) in [5.41, 5.74) is 19.3. The van der Waals surface area contributed by atoms with E-state index in [2.05, 4.69) is 231 Å².